The summed E-state index contributed by atoms with van der Waals surface area (Å²) in [6, 6.07) is 0. The fourth-order valence-corrected chi connectivity index (χ4v) is 2.99. The monoisotopic (exact) mass is 291 g/mol. The molecule has 1 atom stereocenters. The highest BCUT2D eigenvalue weighted by molar-refractivity contribution is 5.47. The number of aromatic nitrogens is 2. The zero-order valence-electron chi connectivity index (χ0n) is 14.1. The van der Waals surface area contributed by atoms with Gasteiger partial charge in [0, 0.05) is 24.9 Å². The van der Waals surface area contributed by atoms with Gasteiger partial charge < -0.3 is 10.1 Å². The summed E-state index contributed by atoms with van der Waals surface area (Å²) in [6.45, 7) is 9.25. The first-order valence-electron chi connectivity index (χ1n) is 8.16. The van der Waals surface area contributed by atoms with E-state index < -0.39 is 0 Å². The lowest BCUT2D eigenvalue weighted by Gasteiger charge is -2.30. The Bertz CT molecular complexity index is 480. The summed E-state index contributed by atoms with van der Waals surface area (Å²) in [7, 11) is 1.95. The molecule has 0 saturated heterocycles. The van der Waals surface area contributed by atoms with Crippen molar-refractivity contribution in [2.75, 3.05) is 19.0 Å². The molecule has 0 aliphatic heterocycles. The molecular formula is C17H29N3O. The standard InChI is InChI=1S/C17H29N3O/c1-6-21-14(17(2,3)4)16-19-13-11-9-7-8-10-12(13)15(18-5)20-16/h14H,6-11H2,1-5H3,(H,18,19,20). The van der Waals surface area contributed by atoms with E-state index in [2.05, 4.69) is 26.1 Å². The highest BCUT2D eigenvalue weighted by atomic mass is 16.5. The van der Waals surface area contributed by atoms with Crippen molar-refractivity contribution in [3.05, 3.63) is 17.1 Å². The molecule has 1 heterocycles. The molecule has 1 aliphatic rings. The van der Waals surface area contributed by atoms with Crippen LogP contribution in [0.1, 0.15) is 70.1 Å². The highest BCUT2D eigenvalue weighted by Gasteiger charge is 2.31. The van der Waals surface area contributed by atoms with Crippen LogP contribution in [0.3, 0.4) is 0 Å². The molecule has 1 N–H and O–H groups in total. The van der Waals surface area contributed by atoms with Gasteiger partial charge in [-0.15, -0.1) is 0 Å². The summed E-state index contributed by atoms with van der Waals surface area (Å²) in [4.78, 5) is 9.68. The average Bonchev–Trinajstić information content (AvgIpc) is 2.67. The van der Waals surface area contributed by atoms with Crippen molar-refractivity contribution in [2.45, 2.75) is 65.9 Å². The van der Waals surface area contributed by atoms with Crippen LogP contribution in [0, 0.1) is 5.41 Å². The lowest BCUT2D eigenvalue weighted by molar-refractivity contribution is -0.0191. The third-order valence-corrected chi connectivity index (χ3v) is 4.04. The maximum atomic E-state index is 5.96. The van der Waals surface area contributed by atoms with Crippen LogP contribution in [0.4, 0.5) is 5.82 Å². The number of hydrogen-bond donors (Lipinski definition) is 1. The Morgan fingerprint density at radius 1 is 1.14 bits per heavy atom. The van der Waals surface area contributed by atoms with Crippen molar-refractivity contribution in [1.29, 1.82) is 0 Å². The second kappa shape index (κ2) is 6.73. The summed E-state index contributed by atoms with van der Waals surface area (Å²) in [6.07, 6.45) is 5.81. The summed E-state index contributed by atoms with van der Waals surface area (Å²) >= 11 is 0. The van der Waals surface area contributed by atoms with E-state index in [1.807, 2.05) is 14.0 Å². The molecule has 118 valence electrons. The number of nitrogens with one attached hydrogen (secondary N) is 1. The van der Waals surface area contributed by atoms with Gasteiger partial charge >= 0.3 is 0 Å². The summed E-state index contributed by atoms with van der Waals surface area (Å²) < 4.78 is 5.96. The van der Waals surface area contributed by atoms with Crippen LogP contribution in [0.5, 0.6) is 0 Å². The Morgan fingerprint density at radius 3 is 2.48 bits per heavy atom. The van der Waals surface area contributed by atoms with Crippen LogP contribution >= 0.6 is 0 Å². The van der Waals surface area contributed by atoms with E-state index in [9.17, 15) is 0 Å². The summed E-state index contributed by atoms with van der Waals surface area (Å²) in [5.74, 6) is 1.82. The fraction of sp³-hybridized carbons (Fsp3) is 0.765. The molecule has 4 heteroatoms. The maximum Gasteiger partial charge on any atom is 0.160 e. The van der Waals surface area contributed by atoms with Gasteiger partial charge in [0.1, 0.15) is 11.9 Å². The van der Waals surface area contributed by atoms with Crippen molar-refractivity contribution in [3.8, 4) is 0 Å². The Labute approximate surface area is 128 Å². The maximum absolute atomic E-state index is 5.96. The molecule has 0 aromatic carbocycles. The van der Waals surface area contributed by atoms with Crippen molar-refractivity contribution in [1.82, 2.24) is 9.97 Å². The molecule has 1 aromatic rings. The predicted octanol–water partition coefficient (Wildman–Crippen LogP) is 3.91. The lowest BCUT2D eigenvalue weighted by Crippen LogP contribution is -2.25. The van der Waals surface area contributed by atoms with E-state index in [4.69, 9.17) is 14.7 Å². The summed E-state index contributed by atoms with van der Waals surface area (Å²) in [5.41, 5.74) is 2.51. The summed E-state index contributed by atoms with van der Waals surface area (Å²) in [5, 5.41) is 3.27. The zero-order chi connectivity index (χ0) is 15.5. The minimum Gasteiger partial charge on any atom is -0.373 e. The van der Waals surface area contributed by atoms with Gasteiger partial charge in [-0.1, -0.05) is 27.2 Å². The molecule has 4 nitrogen and oxygen atoms in total. The second-order valence-electron chi connectivity index (χ2n) is 6.87. The molecule has 0 bridgehead atoms. The second-order valence-corrected chi connectivity index (χ2v) is 6.87. The molecule has 1 aliphatic carbocycles. The third-order valence-electron chi connectivity index (χ3n) is 4.04. The molecule has 0 fully saturated rings. The van der Waals surface area contributed by atoms with Crippen LogP contribution in [0.2, 0.25) is 0 Å². The molecule has 0 amide bonds. The van der Waals surface area contributed by atoms with Crippen LogP contribution in [-0.2, 0) is 17.6 Å². The van der Waals surface area contributed by atoms with Crippen molar-refractivity contribution >= 4 is 5.82 Å². The van der Waals surface area contributed by atoms with E-state index in [0.717, 1.165) is 24.5 Å². The number of rotatable bonds is 4. The van der Waals surface area contributed by atoms with Crippen LogP contribution < -0.4 is 5.32 Å². The third kappa shape index (κ3) is 3.73. The number of aryl methyl sites for hydroxylation is 1. The first kappa shape index (κ1) is 16.2. The Balaban J connectivity index is 2.46. The molecule has 0 spiro atoms. The predicted molar refractivity (Wildman–Crippen MR) is 86.7 cm³/mol. The molecule has 1 unspecified atom stereocenters. The van der Waals surface area contributed by atoms with Crippen LogP contribution in [0.15, 0.2) is 0 Å². The molecule has 0 radical (unpaired) electrons. The first-order chi connectivity index (χ1) is 9.97. The van der Waals surface area contributed by atoms with Crippen molar-refractivity contribution in [3.63, 3.8) is 0 Å². The number of ether oxygens (including phenoxy) is 1. The number of hydrogen-bond acceptors (Lipinski definition) is 4. The number of fused-ring (bicyclic) bond motifs is 1. The lowest BCUT2D eigenvalue weighted by atomic mass is 9.88. The molecule has 2 rings (SSSR count). The van der Waals surface area contributed by atoms with Gasteiger partial charge in [0.25, 0.3) is 0 Å². The smallest absolute Gasteiger partial charge is 0.160 e. The van der Waals surface area contributed by atoms with E-state index in [1.54, 1.807) is 0 Å². The van der Waals surface area contributed by atoms with Crippen LogP contribution in [0.25, 0.3) is 0 Å². The molecule has 0 saturated carbocycles. The normalized spacial score (nSPS) is 17.0. The zero-order valence-corrected chi connectivity index (χ0v) is 14.1. The van der Waals surface area contributed by atoms with Gasteiger partial charge in [0.15, 0.2) is 5.82 Å². The van der Waals surface area contributed by atoms with E-state index in [1.165, 1.54) is 30.5 Å². The highest BCUT2D eigenvalue weighted by Crippen LogP contribution is 2.36. The van der Waals surface area contributed by atoms with Gasteiger partial charge in [-0.3, -0.25) is 0 Å². The van der Waals surface area contributed by atoms with E-state index in [0.29, 0.717) is 6.61 Å². The van der Waals surface area contributed by atoms with Crippen molar-refractivity contribution in [2.24, 2.45) is 5.41 Å². The Morgan fingerprint density at radius 2 is 1.86 bits per heavy atom. The topological polar surface area (TPSA) is 47.0 Å². The number of anilines is 1. The molecular weight excluding hydrogens is 262 g/mol. The Kier molecular flexibility index (Phi) is 5.20. The van der Waals surface area contributed by atoms with Crippen molar-refractivity contribution < 1.29 is 4.74 Å². The van der Waals surface area contributed by atoms with Gasteiger partial charge in [-0.2, -0.15) is 0 Å². The quantitative estimate of drug-likeness (QED) is 0.854. The van der Waals surface area contributed by atoms with Gasteiger partial charge in [0.2, 0.25) is 0 Å². The molecule has 1 aromatic heterocycles. The SMILES string of the molecule is CCOC(c1nc2c(c(NC)n1)CCCCC2)C(C)(C)C. The largest absolute Gasteiger partial charge is 0.373 e. The fourth-order valence-electron chi connectivity index (χ4n) is 2.99. The molecule has 21 heavy (non-hydrogen) atoms. The van der Waals surface area contributed by atoms with E-state index in [-0.39, 0.29) is 11.5 Å². The minimum absolute atomic E-state index is 0.0139. The van der Waals surface area contributed by atoms with Gasteiger partial charge in [-0.05, 0) is 38.0 Å². The average molecular weight is 291 g/mol. The van der Waals surface area contributed by atoms with E-state index >= 15 is 0 Å². The van der Waals surface area contributed by atoms with Gasteiger partial charge in [-0.25, -0.2) is 9.97 Å². The Hall–Kier alpha value is -1.16. The minimum atomic E-state index is -0.0665. The van der Waals surface area contributed by atoms with Crippen LogP contribution in [-0.4, -0.2) is 23.6 Å². The number of nitrogens with zero attached hydrogens (tertiary/aromatic N) is 2. The first-order valence-corrected chi connectivity index (χ1v) is 8.16. The van der Waals surface area contributed by atoms with Gasteiger partial charge in [0.05, 0.1) is 0 Å².